The molecular formula is C53H37N3S. The molecule has 0 fully saturated rings. The Morgan fingerprint density at radius 3 is 1.68 bits per heavy atom. The van der Waals surface area contributed by atoms with Crippen molar-refractivity contribution in [2.75, 3.05) is 9.80 Å². The van der Waals surface area contributed by atoms with E-state index in [0.29, 0.717) is 0 Å². The lowest BCUT2D eigenvalue weighted by molar-refractivity contribution is 0.666. The maximum atomic E-state index is 2.63. The Kier molecular flexibility index (Phi) is 6.85. The Hall–Kier alpha value is -6.88. The van der Waals surface area contributed by atoms with E-state index in [9.17, 15) is 0 Å². The van der Waals surface area contributed by atoms with Crippen molar-refractivity contribution in [3.8, 4) is 11.3 Å². The zero-order valence-electron chi connectivity index (χ0n) is 31.6. The van der Waals surface area contributed by atoms with Gasteiger partial charge in [0, 0.05) is 65.7 Å². The van der Waals surface area contributed by atoms with Crippen LogP contribution in [0.5, 0.6) is 0 Å². The van der Waals surface area contributed by atoms with E-state index < -0.39 is 0 Å². The van der Waals surface area contributed by atoms with E-state index >= 15 is 0 Å². The topological polar surface area (TPSA) is 10.9 Å². The Labute approximate surface area is 335 Å². The first-order valence-corrected chi connectivity index (χ1v) is 20.5. The van der Waals surface area contributed by atoms with E-state index in [-0.39, 0.29) is 5.41 Å². The molecule has 3 nitrogen and oxygen atoms in total. The van der Waals surface area contributed by atoms with Crippen molar-refractivity contribution in [3.05, 3.63) is 199 Å². The molecule has 0 N–H and O–H groups in total. The van der Waals surface area contributed by atoms with E-state index in [0.717, 1.165) is 28.4 Å². The summed E-state index contributed by atoms with van der Waals surface area (Å²) >= 11 is 1.93. The second-order valence-electron chi connectivity index (χ2n) is 15.8. The Morgan fingerprint density at radius 2 is 1.05 bits per heavy atom. The summed E-state index contributed by atoms with van der Waals surface area (Å²) in [7, 11) is 0. The predicted octanol–water partition coefficient (Wildman–Crippen LogP) is 15.3. The van der Waals surface area contributed by atoms with Gasteiger partial charge in [0.05, 0.1) is 16.9 Å². The van der Waals surface area contributed by atoms with Crippen LogP contribution in [0.25, 0.3) is 58.6 Å². The van der Waals surface area contributed by atoms with Crippen molar-refractivity contribution in [3.63, 3.8) is 0 Å². The van der Waals surface area contributed by atoms with Gasteiger partial charge in [-0.1, -0.05) is 123 Å². The molecule has 270 valence electrons. The molecule has 57 heavy (non-hydrogen) atoms. The van der Waals surface area contributed by atoms with Crippen molar-refractivity contribution < 1.29 is 0 Å². The highest BCUT2D eigenvalue weighted by Gasteiger charge is 2.42. The number of rotatable bonds is 6. The predicted molar refractivity (Wildman–Crippen MR) is 243 cm³/mol. The number of anilines is 6. The smallest absolute Gasteiger partial charge is 0.109 e. The molecule has 0 amide bonds. The van der Waals surface area contributed by atoms with Crippen LogP contribution < -0.4 is 9.80 Å². The van der Waals surface area contributed by atoms with Crippen LogP contribution in [0.3, 0.4) is 0 Å². The lowest BCUT2D eigenvalue weighted by Gasteiger charge is -2.28. The molecule has 0 atom stereocenters. The van der Waals surface area contributed by atoms with Gasteiger partial charge in [-0.2, -0.15) is 0 Å². The molecule has 4 heteroatoms. The zero-order valence-corrected chi connectivity index (χ0v) is 32.5. The number of nitrogens with zero attached hydrogens (tertiary/aromatic N) is 3. The fraction of sp³-hybridized carbons (Fsp3) is 0.0566. The van der Waals surface area contributed by atoms with Crippen LogP contribution in [0.15, 0.2) is 188 Å². The van der Waals surface area contributed by atoms with Crippen LogP contribution in [0.1, 0.15) is 25.0 Å². The van der Waals surface area contributed by atoms with Gasteiger partial charge in [0.1, 0.15) is 4.83 Å². The largest absolute Gasteiger partial charge is 0.310 e. The van der Waals surface area contributed by atoms with Gasteiger partial charge in [0.25, 0.3) is 0 Å². The van der Waals surface area contributed by atoms with Crippen molar-refractivity contribution >= 4 is 92.8 Å². The molecule has 0 radical (unpaired) electrons. The molecule has 8 aromatic carbocycles. The standard InChI is InChI=1S/C53H37N3S/c1-53(2)44-26-16-15-25-41(44)51-49(53)48-45(55(38-21-11-5-12-22-38)39-23-13-6-14-24-39)30-29-42-47-43-32-35-31-40(28-27-34(35)33-46(43)57-52(47)56(51)50(42)48)54(36-17-7-3-8-18-36)37-19-9-4-10-20-37/h3-33H,1-2H3. The number of para-hydroxylation sites is 4. The highest BCUT2D eigenvalue weighted by atomic mass is 32.1. The number of fused-ring (bicyclic) bond motifs is 11. The molecule has 0 bridgehead atoms. The zero-order chi connectivity index (χ0) is 37.8. The van der Waals surface area contributed by atoms with Crippen LogP contribution in [-0.2, 0) is 5.41 Å². The van der Waals surface area contributed by atoms with E-state index in [2.05, 4.69) is 216 Å². The lowest BCUT2D eigenvalue weighted by Crippen LogP contribution is -2.16. The number of benzene rings is 8. The number of thiophene rings is 1. The molecule has 1 aliphatic carbocycles. The first kappa shape index (κ1) is 32.4. The number of aromatic nitrogens is 1. The Bertz CT molecular complexity index is 3230. The molecule has 0 unspecified atom stereocenters. The van der Waals surface area contributed by atoms with Crippen LogP contribution in [0.4, 0.5) is 34.1 Å². The quantitative estimate of drug-likeness (QED) is 0.168. The average molecular weight is 748 g/mol. The first-order chi connectivity index (χ1) is 28.1. The monoisotopic (exact) mass is 747 g/mol. The first-order valence-electron chi connectivity index (χ1n) is 19.7. The third-order valence-electron chi connectivity index (χ3n) is 12.2. The van der Waals surface area contributed by atoms with Crippen LogP contribution in [-0.4, -0.2) is 4.40 Å². The van der Waals surface area contributed by atoms with Gasteiger partial charge < -0.3 is 9.80 Å². The van der Waals surface area contributed by atoms with Crippen molar-refractivity contribution in [1.82, 2.24) is 4.40 Å². The fourth-order valence-electron chi connectivity index (χ4n) is 9.78. The SMILES string of the molecule is CC1(C)c2ccccc2-c2c1c1c(N(c3ccccc3)c3ccccc3)ccc3c4c5cc6cc(N(c7ccccc7)c7ccccc7)ccc6cc5sc4n2c13. The van der Waals surface area contributed by atoms with Crippen LogP contribution >= 0.6 is 11.3 Å². The molecular weight excluding hydrogens is 711 g/mol. The highest BCUT2D eigenvalue weighted by Crippen LogP contribution is 2.59. The van der Waals surface area contributed by atoms with Gasteiger partial charge >= 0.3 is 0 Å². The van der Waals surface area contributed by atoms with E-state index in [1.54, 1.807) is 0 Å². The van der Waals surface area contributed by atoms with Gasteiger partial charge in [-0.05, 0) is 101 Å². The van der Waals surface area contributed by atoms with Gasteiger partial charge in [-0.3, -0.25) is 4.40 Å². The van der Waals surface area contributed by atoms with E-state index in [4.69, 9.17) is 0 Å². The summed E-state index contributed by atoms with van der Waals surface area (Å²) in [5.74, 6) is 0. The average Bonchev–Trinajstić information content (AvgIpc) is 3.96. The molecule has 1 aliphatic rings. The fourth-order valence-corrected chi connectivity index (χ4v) is 11.0. The molecule has 0 saturated heterocycles. The summed E-state index contributed by atoms with van der Waals surface area (Å²) in [4.78, 5) is 6.12. The van der Waals surface area contributed by atoms with Gasteiger partial charge in [0.15, 0.2) is 0 Å². The van der Waals surface area contributed by atoms with Gasteiger partial charge in [0.2, 0.25) is 0 Å². The number of hydrogen-bond donors (Lipinski definition) is 0. The summed E-state index contributed by atoms with van der Waals surface area (Å²) in [6, 6.07) is 68.7. The summed E-state index contributed by atoms with van der Waals surface area (Å²) in [6.07, 6.45) is 0. The van der Waals surface area contributed by atoms with E-state index in [1.165, 1.54) is 75.4 Å². The third kappa shape index (κ3) is 4.59. The Morgan fingerprint density at radius 1 is 0.474 bits per heavy atom. The second-order valence-corrected chi connectivity index (χ2v) is 16.8. The maximum absolute atomic E-state index is 2.63. The van der Waals surface area contributed by atoms with Crippen molar-refractivity contribution in [1.29, 1.82) is 0 Å². The highest BCUT2D eigenvalue weighted by molar-refractivity contribution is 7.25. The summed E-state index contributed by atoms with van der Waals surface area (Å²) < 4.78 is 3.95. The van der Waals surface area contributed by atoms with Crippen molar-refractivity contribution in [2.24, 2.45) is 0 Å². The summed E-state index contributed by atoms with van der Waals surface area (Å²) in [5, 5.41) is 7.77. The molecule has 3 aromatic heterocycles. The van der Waals surface area contributed by atoms with Crippen LogP contribution in [0.2, 0.25) is 0 Å². The minimum absolute atomic E-state index is 0.190. The lowest BCUT2D eigenvalue weighted by atomic mass is 9.81. The van der Waals surface area contributed by atoms with Gasteiger partial charge in [-0.15, -0.1) is 11.3 Å². The van der Waals surface area contributed by atoms with Gasteiger partial charge in [-0.25, -0.2) is 0 Å². The Balaban J connectivity index is 1.16. The number of hydrogen-bond acceptors (Lipinski definition) is 3. The third-order valence-corrected chi connectivity index (χ3v) is 13.3. The minimum Gasteiger partial charge on any atom is -0.310 e. The van der Waals surface area contributed by atoms with Crippen LogP contribution in [0, 0.1) is 0 Å². The second kappa shape index (κ2) is 12.1. The molecule has 12 rings (SSSR count). The normalized spacial score (nSPS) is 13.2. The van der Waals surface area contributed by atoms with Crippen molar-refractivity contribution in [2.45, 2.75) is 19.3 Å². The molecule has 0 saturated carbocycles. The molecule has 3 heterocycles. The summed E-state index contributed by atoms with van der Waals surface area (Å²) in [6.45, 7) is 4.83. The molecule has 0 spiro atoms. The maximum Gasteiger partial charge on any atom is 0.109 e. The minimum atomic E-state index is -0.190. The molecule has 0 aliphatic heterocycles. The summed E-state index contributed by atoms with van der Waals surface area (Å²) in [5.41, 5.74) is 13.5. The van der Waals surface area contributed by atoms with E-state index in [1.807, 2.05) is 11.3 Å². The molecule has 11 aromatic rings.